The fourth-order valence-corrected chi connectivity index (χ4v) is 2.89. The normalized spacial score (nSPS) is 16.9. The molecule has 0 saturated heterocycles. The van der Waals surface area contributed by atoms with Gasteiger partial charge in [-0.2, -0.15) is 13.2 Å². The summed E-state index contributed by atoms with van der Waals surface area (Å²) in [5.74, 6) is -1.99. The SMILES string of the molecule is CC(C)(C)C(C(=O)O)[S+]([O-])CCC(F)(F)F. The number of aliphatic carboxylic acids is 1. The van der Waals surface area contributed by atoms with Gasteiger partial charge in [0.1, 0.15) is 5.75 Å². The van der Waals surface area contributed by atoms with E-state index >= 15 is 0 Å². The van der Waals surface area contributed by atoms with Gasteiger partial charge >= 0.3 is 12.1 Å². The Labute approximate surface area is 95.2 Å². The van der Waals surface area contributed by atoms with Crippen LogP contribution < -0.4 is 0 Å². The van der Waals surface area contributed by atoms with Crippen molar-refractivity contribution in [3.8, 4) is 0 Å². The van der Waals surface area contributed by atoms with E-state index in [0.717, 1.165) is 0 Å². The standard InChI is InChI=1S/C9H15F3O3S/c1-8(2,3)6(7(13)14)16(15)5-4-9(10,11)12/h6H,4-5H2,1-3H3,(H,13,14). The molecule has 0 radical (unpaired) electrons. The molecule has 0 aromatic rings. The summed E-state index contributed by atoms with van der Waals surface area (Å²) in [5, 5.41) is 7.55. The third-order valence-electron chi connectivity index (χ3n) is 1.86. The molecule has 0 rings (SSSR count). The Bertz CT molecular complexity index is 247. The van der Waals surface area contributed by atoms with Crippen molar-refractivity contribution in [1.82, 2.24) is 0 Å². The van der Waals surface area contributed by atoms with E-state index in [1.165, 1.54) is 20.8 Å². The molecule has 0 heterocycles. The average molecular weight is 260 g/mol. The molecule has 0 aliphatic rings. The zero-order valence-corrected chi connectivity index (χ0v) is 10.1. The highest BCUT2D eigenvalue weighted by molar-refractivity contribution is 7.92. The number of alkyl halides is 3. The predicted molar refractivity (Wildman–Crippen MR) is 54.6 cm³/mol. The van der Waals surface area contributed by atoms with Crippen molar-refractivity contribution in [2.75, 3.05) is 5.75 Å². The molecule has 0 aromatic heterocycles. The Hall–Kier alpha value is -0.430. The highest BCUT2D eigenvalue weighted by Crippen LogP contribution is 2.29. The zero-order chi connectivity index (χ0) is 13.1. The number of hydrogen-bond acceptors (Lipinski definition) is 2. The smallest absolute Gasteiger partial charge is 0.393 e. The van der Waals surface area contributed by atoms with Gasteiger partial charge in [-0.25, -0.2) is 4.79 Å². The second kappa shape index (κ2) is 5.27. The third kappa shape index (κ3) is 5.60. The Kier molecular flexibility index (Phi) is 5.13. The first kappa shape index (κ1) is 15.6. The van der Waals surface area contributed by atoms with E-state index in [4.69, 9.17) is 5.11 Å². The number of halogens is 3. The first-order chi connectivity index (χ1) is 6.95. The number of rotatable bonds is 4. The lowest BCUT2D eigenvalue weighted by Gasteiger charge is -2.28. The zero-order valence-electron chi connectivity index (χ0n) is 9.30. The van der Waals surface area contributed by atoms with Crippen LogP contribution in [0.2, 0.25) is 0 Å². The van der Waals surface area contributed by atoms with Gasteiger partial charge in [-0.3, -0.25) is 0 Å². The third-order valence-corrected chi connectivity index (χ3v) is 3.90. The Balaban J connectivity index is 4.54. The van der Waals surface area contributed by atoms with E-state index in [1.807, 2.05) is 0 Å². The number of carboxylic acids is 1. The van der Waals surface area contributed by atoms with Gasteiger partial charge in [0.2, 0.25) is 5.25 Å². The topological polar surface area (TPSA) is 60.4 Å². The lowest BCUT2D eigenvalue weighted by molar-refractivity contribution is -0.139. The summed E-state index contributed by atoms with van der Waals surface area (Å²) in [7, 11) is 0. The van der Waals surface area contributed by atoms with Gasteiger partial charge in [-0.05, 0) is 11.2 Å². The minimum absolute atomic E-state index is 0.669. The van der Waals surface area contributed by atoms with Crippen molar-refractivity contribution in [1.29, 1.82) is 0 Å². The Morgan fingerprint density at radius 1 is 1.38 bits per heavy atom. The fraction of sp³-hybridized carbons (Fsp3) is 0.889. The monoisotopic (exact) mass is 260 g/mol. The van der Waals surface area contributed by atoms with Crippen molar-refractivity contribution in [2.24, 2.45) is 5.41 Å². The van der Waals surface area contributed by atoms with Gasteiger partial charge in [0.25, 0.3) is 0 Å². The summed E-state index contributed by atoms with van der Waals surface area (Å²) in [5.41, 5.74) is -0.831. The van der Waals surface area contributed by atoms with Crippen LogP contribution >= 0.6 is 0 Å². The maximum atomic E-state index is 11.9. The van der Waals surface area contributed by atoms with Crippen LogP contribution in [0.15, 0.2) is 0 Å². The van der Waals surface area contributed by atoms with Crippen LogP contribution in [0.3, 0.4) is 0 Å². The van der Waals surface area contributed by atoms with Crippen LogP contribution in [0.1, 0.15) is 27.2 Å². The minimum atomic E-state index is -4.41. The van der Waals surface area contributed by atoms with Crippen molar-refractivity contribution in [3.05, 3.63) is 0 Å². The van der Waals surface area contributed by atoms with Crippen molar-refractivity contribution in [3.63, 3.8) is 0 Å². The van der Waals surface area contributed by atoms with Crippen molar-refractivity contribution in [2.45, 2.75) is 38.6 Å². The van der Waals surface area contributed by atoms with Crippen LogP contribution in [0.4, 0.5) is 13.2 Å². The Morgan fingerprint density at radius 3 is 2.06 bits per heavy atom. The molecule has 0 bridgehead atoms. The molecule has 0 saturated carbocycles. The fourth-order valence-electron chi connectivity index (χ4n) is 1.21. The predicted octanol–water partition coefficient (Wildman–Crippen LogP) is 2.19. The summed E-state index contributed by atoms with van der Waals surface area (Å²) in [4.78, 5) is 10.8. The van der Waals surface area contributed by atoms with Gasteiger partial charge in [-0.1, -0.05) is 20.8 Å². The molecule has 0 aromatic carbocycles. The molecule has 3 nitrogen and oxygen atoms in total. The second-order valence-electron chi connectivity index (χ2n) is 4.53. The highest BCUT2D eigenvalue weighted by atomic mass is 32.2. The van der Waals surface area contributed by atoms with Crippen LogP contribution in [0, 0.1) is 5.41 Å². The van der Waals surface area contributed by atoms with Crippen molar-refractivity contribution < 1.29 is 27.6 Å². The maximum Gasteiger partial charge on any atom is 0.393 e. The number of carboxylic acid groups (broad SMARTS) is 1. The van der Waals surface area contributed by atoms with E-state index in [2.05, 4.69) is 0 Å². The summed E-state index contributed by atoms with van der Waals surface area (Å²) >= 11 is -2.02. The molecule has 0 aliphatic heterocycles. The molecule has 0 aliphatic carbocycles. The van der Waals surface area contributed by atoms with Crippen LogP contribution in [-0.4, -0.2) is 32.8 Å². The largest absolute Gasteiger partial charge is 0.616 e. The van der Waals surface area contributed by atoms with Crippen molar-refractivity contribution >= 4 is 17.1 Å². The molecule has 7 heteroatoms. The molecular formula is C9H15F3O3S. The van der Waals surface area contributed by atoms with E-state index in [-0.39, 0.29) is 0 Å². The quantitative estimate of drug-likeness (QED) is 0.788. The number of hydrogen-bond donors (Lipinski definition) is 1. The van der Waals surface area contributed by atoms with E-state index in [0.29, 0.717) is 0 Å². The van der Waals surface area contributed by atoms with Gasteiger partial charge < -0.3 is 9.66 Å². The molecule has 1 N–H and O–H groups in total. The highest BCUT2D eigenvalue weighted by Gasteiger charge is 2.42. The van der Waals surface area contributed by atoms with Gasteiger partial charge in [0, 0.05) is 5.41 Å². The first-order valence-corrected chi connectivity index (χ1v) is 6.00. The summed E-state index contributed by atoms with van der Waals surface area (Å²) in [6.45, 7) is 4.62. The van der Waals surface area contributed by atoms with Gasteiger partial charge in [-0.15, -0.1) is 0 Å². The van der Waals surface area contributed by atoms with Crippen LogP contribution in [0.5, 0.6) is 0 Å². The number of carbonyl (C=O) groups is 1. The van der Waals surface area contributed by atoms with E-state index in [1.54, 1.807) is 0 Å². The average Bonchev–Trinajstić information content (AvgIpc) is 1.95. The molecule has 0 amide bonds. The van der Waals surface area contributed by atoms with Crippen LogP contribution in [0.25, 0.3) is 0 Å². The van der Waals surface area contributed by atoms with E-state index in [9.17, 15) is 22.5 Å². The minimum Gasteiger partial charge on any atom is -0.616 e. The summed E-state index contributed by atoms with van der Waals surface area (Å²) in [6, 6.07) is 0. The Morgan fingerprint density at radius 2 is 1.81 bits per heavy atom. The lowest BCUT2D eigenvalue weighted by Crippen LogP contribution is -2.43. The molecule has 96 valence electrons. The maximum absolute atomic E-state index is 11.9. The summed E-state index contributed by atoms with van der Waals surface area (Å²) < 4.78 is 47.2. The van der Waals surface area contributed by atoms with Gasteiger partial charge in [0.05, 0.1) is 6.42 Å². The summed E-state index contributed by atoms with van der Waals surface area (Å²) in [6.07, 6.45) is -5.63. The molecule has 0 spiro atoms. The van der Waals surface area contributed by atoms with E-state index < -0.39 is 46.2 Å². The lowest BCUT2D eigenvalue weighted by atomic mass is 9.92. The molecule has 2 atom stereocenters. The molecule has 0 fully saturated rings. The molecular weight excluding hydrogens is 245 g/mol. The molecule has 16 heavy (non-hydrogen) atoms. The molecule has 2 unspecified atom stereocenters. The first-order valence-electron chi connectivity index (χ1n) is 4.62. The van der Waals surface area contributed by atoms with Gasteiger partial charge in [0.15, 0.2) is 0 Å². The second-order valence-corrected chi connectivity index (χ2v) is 6.18. The van der Waals surface area contributed by atoms with Crippen LogP contribution in [-0.2, 0) is 16.0 Å².